The topological polar surface area (TPSA) is 87.2 Å². The second kappa shape index (κ2) is 11.3. The van der Waals surface area contributed by atoms with Crippen LogP contribution >= 0.6 is 34.5 Å². The third kappa shape index (κ3) is 6.66. The van der Waals surface area contributed by atoms with Crippen molar-refractivity contribution in [3.05, 3.63) is 74.4 Å². The molecule has 0 fully saturated rings. The van der Waals surface area contributed by atoms with Crippen LogP contribution in [0.5, 0.6) is 0 Å². The number of nitrogens with one attached hydrogen (secondary N) is 2. The molecule has 0 bridgehead atoms. The van der Waals surface area contributed by atoms with Crippen molar-refractivity contribution in [3.8, 4) is 0 Å². The summed E-state index contributed by atoms with van der Waals surface area (Å²) >= 11 is 13.3. The van der Waals surface area contributed by atoms with Crippen molar-refractivity contribution < 1.29 is 9.59 Å². The van der Waals surface area contributed by atoms with Gasteiger partial charge in [0.25, 0.3) is 5.91 Å². The Hall–Kier alpha value is -2.68. The molecule has 3 aromatic rings. The minimum Gasteiger partial charge on any atom is -0.350 e. The van der Waals surface area contributed by atoms with Gasteiger partial charge in [-0.1, -0.05) is 29.3 Å². The van der Waals surface area contributed by atoms with E-state index in [4.69, 9.17) is 23.2 Å². The number of urea groups is 1. The number of amides is 3. The first-order valence-corrected chi connectivity index (χ1v) is 11.6. The highest BCUT2D eigenvalue weighted by atomic mass is 35.5. The average molecular weight is 492 g/mol. The maximum absolute atomic E-state index is 12.8. The predicted octanol–water partition coefficient (Wildman–Crippen LogP) is 5.26. The fourth-order valence-corrected chi connectivity index (χ4v) is 3.90. The molecule has 3 rings (SSSR count). The molecule has 0 aliphatic carbocycles. The Morgan fingerprint density at radius 3 is 2.66 bits per heavy atom. The Morgan fingerprint density at radius 2 is 1.97 bits per heavy atom. The maximum atomic E-state index is 12.8. The second-order valence-corrected chi connectivity index (χ2v) is 8.99. The molecule has 2 aromatic heterocycles. The number of thiazole rings is 1. The number of rotatable bonds is 8. The van der Waals surface area contributed by atoms with Crippen molar-refractivity contribution in [1.82, 2.24) is 20.2 Å². The molecule has 0 aliphatic rings. The highest BCUT2D eigenvalue weighted by Crippen LogP contribution is 2.25. The molecule has 0 atom stereocenters. The van der Waals surface area contributed by atoms with E-state index in [0.717, 1.165) is 5.69 Å². The third-order valence-corrected chi connectivity index (χ3v) is 6.11. The number of anilines is 1. The quantitative estimate of drug-likeness (QED) is 0.449. The number of carbonyl (C=O) groups is 2. The normalized spacial score (nSPS) is 10.8. The lowest BCUT2D eigenvalue weighted by atomic mass is 10.2. The molecular weight excluding hydrogens is 469 g/mol. The van der Waals surface area contributed by atoms with Gasteiger partial charge in [-0.05, 0) is 44.2 Å². The average Bonchev–Trinajstić information content (AvgIpc) is 3.24. The van der Waals surface area contributed by atoms with Gasteiger partial charge in [-0.2, -0.15) is 0 Å². The number of pyridine rings is 1. The molecule has 0 saturated carbocycles. The molecule has 7 nitrogen and oxygen atoms in total. The summed E-state index contributed by atoms with van der Waals surface area (Å²) in [6.07, 6.45) is 2.36. The summed E-state index contributed by atoms with van der Waals surface area (Å²) in [5.74, 6) is -0.250. The Balaban J connectivity index is 1.57. The van der Waals surface area contributed by atoms with Crippen molar-refractivity contribution in [2.75, 3.05) is 11.9 Å². The zero-order chi connectivity index (χ0) is 23.1. The summed E-state index contributed by atoms with van der Waals surface area (Å²) in [5.41, 5.74) is 1.79. The molecular formula is C22H23Cl2N5O2S. The molecule has 32 heavy (non-hydrogen) atoms. The molecule has 3 amide bonds. The number of carbonyl (C=O) groups excluding carboxylic acids is 2. The van der Waals surface area contributed by atoms with Crippen LogP contribution in [0.2, 0.25) is 10.0 Å². The second-order valence-electron chi connectivity index (χ2n) is 7.23. The molecule has 10 heteroatoms. The van der Waals surface area contributed by atoms with Crippen molar-refractivity contribution in [2.45, 2.75) is 32.9 Å². The van der Waals surface area contributed by atoms with Crippen molar-refractivity contribution in [1.29, 1.82) is 0 Å². The number of hydrogen-bond donors (Lipinski definition) is 2. The largest absolute Gasteiger partial charge is 0.350 e. The Labute approximate surface area is 200 Å². The van der Waals surface area contributed by atoms with Crippen LogP contribution in [0, 0.1) is 0 Å². The first kappa shape index (κ1) is 24.0. The van der Waals surface area contributed by atoms with Gasteiger partial charge in [0.2, 0.25) is 0 Å². The molecule has 1 aromatic carbocycles. The van der Waals surface area contributed by atoms with Crippen molar-refractivity contribution in [3.63, 3.8) is 0 Å². The fourth-order valence-electron chi connectivity index (χ4n) is 2.83. The minimum atomic E-state index is -0.296. The summed E-state index contributed by atoms with van der Waals surface area (Å²) in [7, 11) is 0. The summed E-state index contributed by atoms with van der Waals surface area (Å²) in [6, 6.07) is 10.2. The fraction of sp³-hybridized carbons (Fsp3) is 0.273. The van der Waals surface area contributed by atoms with E-state index in [1.54, 1.807) is 34.7 Å². The predicted molar refractivity (Wildman–Crippen MR) is 129 cm³/mol. The van der Waals surface area contributed by atoms with Crippen molar-refractivity contribution >= 4 is 52.2 Å². The van der Waals surface area contributed by atoms with Gasteiger partial charge in [0.05, 0.1) is 16.6 Å². The highest BCUT2D eigenvalue weighted by Gasteiger charge is 2.20. The van der Waals surface area contributed by atoms with E-state index in [1.165, 1.54) is 11.3 Å². The van der Waals surface area contributed by atoms with Gasteiger partial charge in [0.1, 0.15) is 10.7 Å². The lowest BCUT2D eigenvalue weighted by Crippen LogP contribution is -2.39. The third-order valence-electron chi connectivity index (χ3n) is 4.54. The maximum Gasteiger partial charge on any atom is 0.322 e. The number of benzene rings is 1. The summed E-state index contributed by atoms with van der Waals surface area (Å²) in [6.45, 7) is 4.56. The SMILES string of the molecule is CC(C)N(Cc1nc(C(=O)NCCc2ccccn2)cs1)C(=O)Nc1ccc(Cl)c(Cl)c1. The van der Waals surface area contributed by atoms with Gasteiger partial charge in [-0.15, -0.1) is 11.3 Å². The first-order chi connectivity index (χ1) is 15.3. The Bertz CT molecular complexity index is 1080. The van der Waals surface area contributed by atoms with E-state index < -0.39 is 0 Å². The van der Waals surface area contributed by atoms with Crippen LogP contribution < -0.4 is 10.6 Å². The summed E-state index contributed by atoms with van der Waals surface area (Å²) < 4.78 is 0. The van der Waals surface area contributed by atoms with Gasteiger partial charge in [0.15, 0.2) is 0 Å². The lowest BCUT2D eigenvalue weighted by molar-refractivity contribution is 0.0949. The molecule has 2 N–H and O–H groups in total. The van der Waals surface area contributed by atoms with Crippen LogP contribution in [0.1, 0.15) is 35.0 Å². The monoisotopic (exact) mass is 491 g/mol. The van der Waals surface area contributed by atoms with E-state index >= 15 is 0 Å². The van der Waals surface area contributed by atoms with E-state index in [2.05, 4.69) is 20.6 Å². The van der Waals surface area contributed by atoms with Crippen LogP contribution in [0.15, 0.2) is 48.0 Å². The molecule has 2 heterocycles. The number of aromatic nitrogens is 2. The van der Waals surface area contributed by atoms with Gasteiger partial charge >= 0.3 is 6.03 Å². The number of halogens is 2. The van der Waals surface area contributed by atoms with E-state index in [1.807, 2.05) is 32.0 Å². The zero-order valence-corrected chi connectivity index (χ0v) is 20.0. The minimum absolute atomic E-state index is 0.0858. The van der Waals surface area contributed by atoms with Crippen LogP contribution in [-0.4, -0.2) is 39.4 Å². The van der Waals surface area contributed by atoms with Gasteiger partial charge in [-0.25, -0.2) is 9.78 Å². The number of nitrogens with zero attached hydrogens (tertiary/aromatic N) is 3. The molecule has 0 aliphatic heterocycles. The van der Waals surface area contributed by atoms with E-state index in [9.17, 15) is 9.59 Å². The van der Waals surface area contributed by atoms with Crippen LogP contribution in [0.25, 0.3) is 0 Å². The van der Waals surface area contributed by atoms with Crippen molar-refractivity contribution in [2.24, 2.45) is 0 Å². The van der Waals surface area contributed by atoms with Gasteiger partial charge in [0, 0.05) is 42.0 Å². The summed E-state index contributed by atoms with van der Waals surface area (Å²) in [5, 5.41) is 8.81. The van der Waals surface area contributed by atoms with E-state index in [0.29, 0.717) is 39.4 Å². The molecule has 168 valence electrons. The van der Waals surface area contributed by atoms with E-state index in [-0.39, 0.29) is 24.5 Å². The van der Waals surface area contributed by atoms with Gasteiger partial charge in [-0.3, -0.25) is 9.78 Å². The molecule has 0 spiro atoms. The Kier molecular flexibility index (Phi) is 8.44. The van der Waals surface area contributed by atoms with Crippen LogP contribution in [0.3, 0.4) is 0 Å². The standard InChI is InChI=1S/C22H23Cl2N5O2S/c1-14(2)29(22(31)27-16-6-7-17(23)18(24)11-16)12-20-28-19(13-32-20)21(30)26-10-8-15-5-3-4-9-25-15/h3-7,9,11,13-14H,8,10,12H2,1-2H3,(H,26,30)(H,27,31). The van der Waals surface area contributed by atoms with Crippen LogP contribution in [-0.2, 0) is 13.0 Å². The summed E-state index contributed by atoms with van der Waals surface area (Å²) in [4.78, 5) is 35.5. The highest BCUT2D eigenvalue weighted by molar-refractivity contribution is 7.09. The number of hydrogen-bond acceptors (Lipinski definition) is 5. The molecule has 0 unspecified atom stereocenters. The van der Waals surface area contributed by atoms with Gasteiger partial charge < -0.3 is 15.5 Å². The smallest absolute Gasteiger partial charge is 0.322 e. The Morgan fingerprint density at radius 1 is 1.16 bits per heavy atom. The first-order valence-electron chi connectivity index (χ1n) is 9.98. The molecule has 0 saturated heterocycles. The zero-order valence-electron chi connectivity index (χ0n) is 17.6. The molecule has 0 radical (unpaired) electrons. The van der Waals surface area contributed by atoms with Crippen LogP contribution in [0.4, 0.5) is 10.5 Å². The lowest BCUT2D eigenvalue weighted by Gasteiger charge is -2.26.